The zero-order valence-corrected chi connectivity index (χ0v) is 11.8. The number of aryl methyl sites for hydroxylation is 1. The summed E-state index contributed by atoms with van der Waals surface area (Å²) in [5, 5.41) is 6.22. The zero-order valence-electron chi connectivity index (χ0n) is 11.8. The van der Waals surface area contributed by atoms with Crippen molar-refractivity contribution in [3.8, 4) is 0 Å². The normalized spacial score (nSPS) is 18.9. The maximum absolute atomic E-state index is 3.56. The van der Waals surface area contributed by atoms with Crippen molar-refractivity contribution >= 4 is 16.5 Å². The lowest BCUT2D eigenvalue weighted by Gasteiger charge is -2.23. The topological polar surface area (TPSA) is 15.3 Å². The van der Waals surface area contributed by atoms with Crippen LogP contribution in [0.5, 0.6) is 0 Å². The van der Waals surface area contributed by atoms with Gasteiger partial charge >= 0.3 is 0 Å². The third-order valence-corrected chi connectivity index (χ3v) is 4.08. The smallest absolute Gasteiger partial charge is 0.0370 e. The quantitative estimate of drug-likeness (QED) is 0.903. The first-order valence-corrected chi connectivity index (χ1v) is 7.17. The number of fused-ring (bicyclic) bond motifs is 1. The summed E-state index contributed by atoms with van der Waals surface area (Å²) in [5.41, 5.74) is 2.63. The number of hydrogen-bond acceptors (Lipinski definition) is 2. The predicted molar refractivity (Wildman–Crippen MR) is 83.0 cm³/mol. The Labute approximate surface area is 115 Å². The van der Waals surface area contributed by atoms with Crippen molar-refractivity contribution in [2.45, 2.75) is 25.8 Å². The van der Waals surface area contributed by atoms with Gasteiger partial charge in [0.15, 0.2) is 0 Å². The summed E-state index contributed by atoms with van der Waals surface area (Å²) in [6.45, 7) is 4.41. The molecule has 1 heterocycles. The van der Waals surface area contributed by atoms with E-state index in [-0.39, 0.29) is 0 Å². The van der Waals surface area contributed by atoms with Gasteiger partial charge in [-0.3, -0.25) is 0 Å². The maximum Gasteiger partial charge on any atom is 0.0370 e. The summed E-state index contributed by atoms with van der Waals surface area (Å²) in [4.78, 5) is 2.36. The van der Waals surface area contributed by atoms with Gasteiger partial charge in [-0.05, 0) is 49.2 Å². The Bertz CT molecular complexity index is 570. The fourth-order valence-corrected chi connectivity index (χ4v) is 2.94. The standard InChI is InChI=1S/C17H22N2/c1-13-5-6-15-11-17(8-7-14(15)10-13)19(2)12-16-4-3-9-18-16/h5-8,10-11,16,18H,3-4,9,12H2,1-2H3. The van der Waals surface area contributed by atoms with E-state index in [2.05, 4.69) is 60.6 Å². The van der Waals surface area contributed by atoms with E-state index in [1.54, 1.807) is 0 Å². The minimum Gasteiger partial charge on any atom is -0.373 e. The van der Waals surface area contributed by atoms with E-state index in [1.807, 2.05) is 0 Å². The van der Waals surface area contributed by atoms with Crippen LogP contribution in [0.2, 0.25) is 0 Å². The third-order valence-electron chi connectivity index (χ3n) is 4.08. The lowest BCUT2D eigenvalue weighted by molar-refractivity contribution is 0.600. The molecule has 2 aromatic rings. The molecule has 1 saturated heterocycles. The summed E-state index contributed by atoms with van der Waals surface area (Å²) < 4.78 is 0. The number of nitrogens with zero attached hydrogens (tertiary/aromatic N) is 1. The number of nitrogens with one attached hydrogen (secondary N) is 1. The van der Waals surface area contributed by atoms with Crippen LogP contribution in [0.4, 0.5) is 5.69 Å². The Hall–Kier alpha value is -1.54. The van der Waals surface area contributed by atoms with Gasteiger partial charge in [0.1, 0.15) is 0 Å². The van der Waals surface area contributed by atoms with Crippen LogP contribution in [0.25, 0.3) is 10.8 Å². The molecule has 1 atom stereocenters. The van der Waals surface area contributed by atoms with Crippen molar-refractivity contribution in [1.29, 1.82) is 0 Å². The van der Waals surface area contributed by atoms with Crippen LogP contribution >= 0.6 is 0 Å². The first-order valence-electron chi connectivity index (χ1n) is 7.17. The van der Waals surface area contributed by atoms with Gasteiger partial charge in [0, 0.05) is 25.3 Å². The molecule has 3 rings (SSSR count). The first kappa shape index (κ1) is 12.5. The average molecular weight is 254 g/mol. The highest BCUT2D eigenvalue weighted by Crippen LogP contribution is 2.23. The summed E-state index contributed by atoms with van der Waals surface area (Å²) in [6, 6.07) is 14.1. The Kier molecular flexibility index (Phi) is 3.43. The van der Waals surface area contributed by atoms with E-state index < -0.39 is 0 Å². The van der Waals surface area contributed by atoms with Crippen LogP contribution in [0.3, 0.4) is 0 Å². The van der Waals surface area contributed by atoms with Gasteiger partial charge in [0.05, 0.1) is 0 Å². The fourth-order valence-electron chi connectivity index (χ4n) is 2.94. The van der Waals surface area contributed by atoms with E-state index in [0.717, 1.165) is 6.54 Å². The molecule has 0 radical (unpaired) electrons. The van der Waals surface area contributed by atoms with Crippen molar-refractivity contribution in [3.05, 3.63) is 42.0 Å². The van der Waals surface area contributed by atoms with E-state index >= 15 is 0 Å². The molecule has 0 bridgehead atoms. The SMILES string of the molecule is Cc1ccc2cc(N(C)CC3CCCN3)ccc2c1. The second-order valence-electron chi connectivity index (χ2n) is 5.71. The largest absolute Gasteiger partial charge is 0.373 e. The van der Waals surface area contributed by atoms with Gasteiger partial charge in [-0.15, -0.1) is 0 Å². The number of likely N-dealkylation sites (N-methyl/N-ethyl adjacent to an activating group) is 1. The maximum atomic E-state index is 3.56. The van der Waals surface area contributed by atoms with Crippen LogP contribution in [-0.2, 0) is 0 Å². The Morgan fingerprint density at radius 2 is 1.95 bits per heavy atom. The fraction of sp³-hybridized carbons (Fsp3) is 0.412. The second kappa shape index (κ2) is 5.22. The summed E-state index contributed by atoms with van der Waals surface area (Å²) in [7, 11) is 2.19. The lowest BCUT2D eigenvalue weighted by atomic mass is 10.1. The summed E-state index contributed by atoms with van der Waals surface area (Å²) >= 11 is 0. The number of hydrogen-bond donors (Lipinski definition) is 1. The van der Waals surface area contributed by atoms with Crippen LogP contribution in [0.1, 0.15) is 18.4 Å². The molecular weight excluding hydrogens is 232 g/mol. The molecule has 2 nitrogen and oxygen atoms in total. The molecule has 2 aromatic carbocycles. The Balaban J connectivity index is 1.81. The van der Waals surface area contributed by atoms with Crippen molar-refractivity contribution in [2.24, 2.45) is 0 Å². The molecule has 0 amide bonds. The highest BCUT2D eigenvalue weighted by molar-refractivity contribution is 5.86. The molecule has 1 unspecified atom stereocenters. The van der Waals surface area contributed by atoms with E-state index in [0.29, 0.717) is 6.04 Å². The van der Waals surface area contributed by atoms with Crippen molar-refractivity contribution in [3.63, 3.8) is 0 Å². The average Bonchev–Trinajstić information content (AvgIpc) is 2.91. The van der Waals surface area contributed by atoms with Crippen LogP contribution in [-0.4, -0.2) is 26.2 Å². The molecule has 0 spiro atoms. The van der Waals surface area contributed by atoms with Crippen LogP contribution in [0, 0.1) is 6.92 Å². The molecule has 1 fully saturated rings. The van der Waals surface area contributed by atoms with Crippen LogP contribution < -0.4 is 10.2 Å². The second-order valence-corrected chi connectivity index (χ2v) is 5.71. The molecule has 0 aliphatic carbocycles. The van der Waals surface area contributed by atoms with Gasteiger partial charge in [-0.25, -0.2) is 0 Å². The van der Waals surface area contributed by atoms with E-state index in [9.17, 15) is 0 Å². The zero-order chi connectivity index (χ0) is 13.2. The van der Waals surface area contributed by atoms with Gasteiger partial charge < -0.3 is 10.2 Å². The Morgan fingerprint density at radius 1 is 1.16 bits per heavy atom. The molecular formula is C17H22N2. The number of rotatable bonds is 3. The van der Waals surface area contributed by atoms with Gasteiger partial charge in [0.2, 0.25) is 0 Å². The third kappa shape index (κ3) is 2.74. The Morgan fingerprint density at radius 3 is 2.74 bits per heavy atom. The molecule has 0 aromatic heterocycles. The first-order chi connectivity index (χ1) is 9.22. The molecule has 0 saturated carbocycles. The molecule has 2 heteroatoms. The van der Waals surface area contributed by atoms with Crippen molar-refractivity contribution in [2.75, 3.05) is 25.0 Å². The lowest BCUT2D eigenvalue weighted by Crippen LogP contribution is -2.35. The van der Waals surface area contributed by atoms with Gasteiger partial charge in [0.25, 0.3) is 0 Å². The number of anilines is 1. The molecule has 100 valence electrons. The van der Waals surface area contributed by atoms with Gasteiger partial charge in [-0.2, -0.15) is 0 Å². The van der Waals surface area contributed by atoms with Crippen molar-refractivity contribution in [1.82, 2.24) is 5.32 Å². The van der Waals surface area contributed by atoms with Crippen molar-refractivity contribution < 1.29 is 0 Å². The summed E-state index contributed by atoms with van der Waals surface area (Å²) in [5.74, 6) is 0. The predicted octanol–water partition coefficient (Wildman–Crippen LogP) is 3.34. The molecule has 1 aliphatic rings. The van der Waals surface area contributed by atoms with E-state index in [1.165, 1.54) is 41.4 Å². The summed E-state index contributed by atoms with van der Waals surface area (Å²) in [6.07, 6.45) is 2.62. The molecule has 1 aliphatic heterocycles. The monoisotopic (exact) mass is 254 g/mol. The highest BCUT2D eigenvalue weighted by Gasteiger charge is 2.16. The van der Waals surface area contributed by atoms with Gasteiger partial charge in [-0.1, -0.05) is 29.8 Å². The minimum atomic E-state index is 0.652. The van der Waals surface area contributed by atoms with E-state index in [4.69, 9.17) is 0 Å². The number of benzene rings is 2. The molecule has 1 N–H and O–H groups in total. The minimum absolute atomic E-state index is 0.652. The molecule has 19 heavy (non-hydrogen) atoms. The van der Waals surface area contributed by atoms with Crippen LogP contribution in [0.15, 0.2) is 36.4 Å². The highest BCUT2D eigenvalue weighted by atomic mass is 15.1.